The third-order valence-corrected chi connectivity index (χ3v) is 1.90. The summed E-state index contributed by atoms with van der Waals surface area (Å²) in [5.74, 6) is 0. The number of rotatable bonds is 0. The Kier molecular flexibility index (Phi) is 7.24. The molecule has 2 aromatic carbocycles. The van der Waals surface area contributed by atoms with Crippen molar-refractivity contribution in [2.45, 2.75) is 6.92 Å². The first-order valence-corrected chi connectivity index (χ1v) is 3.49. The van der Waals surface area contributed by atoms with Gasteiger partial charge >= 0.3 is 0 Å². The second kappa shape index (κ2) is 6.20. The summed E-state index contributed by atoms with van der Waals surface area (Å²) in [5.41, 5.74) is 1.37. The molecule has 0 saturated heterocycles. The smallest absolute Gasteiger partial charge is 0 e. The molecule has 0 amide bonds. The van der Waals surface area contributed by atoms with Gasteiger partial charge in [0.2, 0.25) is 0 Å². The molecule has 0 saturated carbocycles. The molecule has 0 unspecified atom stereocenters. The van der Waals surface area contributed by atoms with E-state index in [0.29, 0.717) is 0 Å². The summed E-state index contributed by atoms with van der Waals surface area (Å²) in [7, 11) is 0. The molecule has 0 radical (unpaired) electrons. The van der Waals surface area contributed by atoms with Crippen LogP contribution in [-0.4, -0.2) is 0 Å². The van der Waals surface area contributed by atoms with Crippen LogP contribution in [-0.2, 0) is 25.8 Å². The fourth-order valence-electron chi connectivity index (χ4n) is 1.31. The van der Waals surface area contributed by atoms with E-state index in [4.69, 9.17) is 0 Å². The molecule has 0 atom stereocenters. The predicted octanol–water partition coefficient (Wildman–Crippen LogP) is 3.77. The van der Waals surface area contributed by atoms with Crippen molar-refractivity contribution in [1.82, 2.24) is 0 Å². The molecule has 13 heavy (non-hydrogen) atoms. The maximum Gasteiger partial charge on any atom is 0 e. The summed E-state index contributed by atoms with van der Waals surface area (Å²) in [5, 5.41) is 2.72. The molecule has 0 aliphatic carbocycles. The quantitative estimate of drug-likeness (QED) is 0.507. The largest absolute Gasteiger partial charge is 0.358 e. The Morgan fingerprint density at radius 2 is 1.62 bits per heavy atom. The summed E-state index contributed by atoms with van der Waals surface area (Å²) < 4.78 is 0. The van der Waals surface area contributed by atoms with Crippen LogP contribution in [0.5, 0.6) is 0 Å². The van der Waals surface area contributed by atoms with E-state index >= 15 is 0 Å². The average molecular weight is 338 g/mol. The van der Waals surface area contributed by atoms with E-state index in [1.165, 1.54) is 16.3 Å². The van der Waals surface area contributed by atoms with Gasteiger partial charge in [-0.25, -0.2) is 0 Å². The molecule has 0 spiro atoms. The zero-order valence-electron chi connectivity index (χ0n) is 8.46. The van der Waals surface area contributed by atoms with Crippen LogP contribution in [0, 0.1) is 21.8 Å². The minimum atomic E-state index is 0. The Morgan fingerprint density at radius 3 is 2.23 bits per heavy atom. The Hall–Kier alpha value is -0.300. The number of hydrogen-bond donors (Lipinski definition) is 0. The van der Waals surface area contributed by atoms with E-state index in [1.807, 2.05) is 0 Å². The minimum Gasteiger partial charge on any atom is -0.358 e. The zero-order valence-corrected chi connectivity index (χ0v) is 12.1. The van der Waals surface area contributed by atoms with Crippen molar-refractivity contribution in [2.24, 2.45) is 0 Å². The van der Waals surface area contributed by atoms with Gasteiger partial charge in [-0.2, -0.15) is 12.1 Å². The molecular formula is C12H15Hf-3. The third-order valence-electron chi connectivity index (χ3n) is 1.90. The van der Waals surface area contributed by atoms with E-state index in [2.05, 4.69) is 43.3 Å². The first-order valence-electron chi connectivity index (χ1n) is 3.49. The fourth-order valence-corrected chi connectivity index (χ4v) is 1.31. The molecular weight excluding hydrogens is 323 g/mol. The summed E-state index contributed by atoms with van der Waals surface area (Å²) in [6.07, 6.45) is 0. The Labute approximate surface area is 100 Å². The van der Waals surface area contributed by atoms with Crippen molar-refractivity contribution < 1.29 is 25.8 Å². The summed E-state index contributed by atoms with van der Waals surface area (Å²) in [6, 6.07) is 12.8. The van der Waals surface area contributed by atoms with Gasteiger partial charge < -0.3 is 14.9 Å². The van der Waals surface area contributed by atoms with Gasteiger partial charge in [0.25, 0.3) is 0 Å². The fraction of sp³-hybridized carbons (Fsp3) is 0.0833. The van der Waals surface area contributed by atoms with E-state index in [0.717, 1.165) is 0 Å². The minimum absolute atomic E-state index is 0. The summed E-state index contributed by atoms with van der Waals surface area (Å²) >= 11 is 0. The Balaban J connectivity index is 0. The van der Waals surface area contributed by atoms with Crippen LogP contribution >= 0.6 is 0 Å². The maximum absolute atomic E-state index is 2.16. The number of fused-ring (bicyclic) bond motifs is 1. The van der Waals surface area contributed by atoms with Crippen LogP contribution < -0.4 is 0 Å². The van der Waals surface area contributed by atoms with E-state index < -0.39 is 0 Å². The topological polar surface area (TPSA) is 0 Å². The molecule has 0 aliphatic rings. The molecule has 0 heterocycles. The maximum atomic E-state index is 2.16. The predicted molar refractivity (Wildman–Crippen MR) is 57.1 cm³/mol. The number of aryl methyl sites for hydroxylation is 1. The van der Waals surface area contributed by atoms with Crippen molar-refractivity contribution in [3.8, 4) is 0 Å². The monoisotopic (exact) mass is 339 g/mol. The Morgan fingerprint density at radius 1 is 1.00 bits per heavy atom. The van der Waals surface area contributed by atoms with Gasteiger partial charge in [0, 0.05) is 25.8 Å². The molecule has 2 aromatic rings. The molecule has 1 heteroatoms. The molecule has 0 aromatic heterocycles. The SMILES string of the molecule is C[c-]1ccc2ccccc21.[CH3-].[CH3-].[Hf]. The number of benzene rings is 1. The second-order valence-corrected chi connectivity index (χ2v) is 2.60. The van der Waals surface area contributed by atoms with Gasteiger partial charge in [-0.1, -0.05) is 13.0 Å². The van der Waals surface area contributed by atoms with Crippen molar-refractivity contribution >= 4 is 10.8 Å². The van der Waals surface area contributed by atoms with Crippen LogP contribution in [0.3, 0.4) is 0 Å². The normalized spacial score (nSPS) is 8.08. The first kappa shape index (κ1) is 15.2. The second-order valence-electron chi connectivity index (χ2n) is 2.60. The van der Waals surface area contributed by atoms with Crippen LogP contribution in [0.15, 0.2) is 36.4 Å². The Bertz CT molecular complexity index is 347. The van der Waals surface area contributed by atoms with E-state index in [9.17, 15) is 0 Å². The molecule has 70 valence electrons. The van der Waals surface area contributed by atoms with Crippen LogP contribution in [0.25, 0.3) is 10.8 Å². The van der Waals surface area contributed by atoms with Crippen LogP contribution in [0.2, 0.25) is 0 Å². The number of hydrogen-bond acceptors (Lipinski definition) is 0. The molecule has 2 rings (SSSR count). The molecule has 0 aliphatic heterocycles. The van der Waals surface area contributed by atoms with Gasteiger partial charge in [0.1, 0.15) is 0 Å². The molecule has 0 nitrogen and oxygen atoms in total. The van der Waals surface area contributed by atoms with Crippen molar-refractivity contribution in [2.75, 3.05) is 0 Å². The van der Waals surface area contributed by atoms with Gasteiger partial charge in [0.05, 0.1) is 0 Å². The van der Waals surface area contributed by atoms with E-state index in [-0.39, 0.29) is 40.7 Å². The average Bonchev–Trinajstić information content (AvgIpc) is 2.34. The summed E-state index contributed by atoms with van der Waals surface area (Å²) in [4.78, 5) is 0. The first-order chi connectivity index (χ1) is 4.88. The molecule has 0 fully saturated rings. The van der Waals surface area contributed by atoms with Crippen LogP contribution in [0.1, 0.15) is 5.56 Å². The van der Waals surface area contributed by atoms with Gasteiger partial charge in [-0.05, 0) is 0 Å². The van der Waals surface area contributed by atoms with Crippen LogP contribution in [0.4, 0.5) is 0 Å². The van der Waals surface area contributed by atoms with E-state index in [1.54, 1.807) is 0 Å². The zero-order chi connectivity index (χ0) is 6.97. The molecule has 0 N–H and O–H groups in total. The third kappa shape index (κ3) is 2.84. The molecule has 0 bridgehead atoms. The van der Waals surface area contributed by atoms with Gasteiger partial charge in [-0.15, -0.1) is 34.5 Å². The van der Waals surface area contributed by atoms with Gasteiger partial charge in [-0.3, -0.25) is 0 Å². The van der Waals surface area contributed by atoms with Gasteiger partial charge in [0.15, 0.2) is 0 Å². The van der Waals surface area contributed by atoms with Crippen molar-refractivity contribution in [3.63, 3.8) is 0 Å². The van der Waals surface area contributed by atoms with Crippen molar-refractivity contribution in [3.05, 3.63) is 56.8 Å². The summed E-state index contributed by atoms with van der Waals surface area (Å²) in [6.45, 7) is 2.14. The standard InChI is InChI=1S/C10H9.2CH3.Hf/c1-8-6-7-9-4-2-3-5-10(8)9;;;/h2-7H,1H3;2*1H3;/q3*-1;. The van der Waals surface area contributed by atoms with Crippen molar-refractivity contribution in [1.29, 1.82) is 0 Å².